The van der Waals surface area contributed by atoms with Crippen LogP contribution in [-0.2, 0) is 6.54 Å². The highest BCUT2D eigenvalue weighted by atomic mass is 19.1. The van der Waals surface area contributed by atoms with Gasteiger partial charge in [0.1, 0.15) is 5.82 Å². The first-order chi connectivity index (χ1) is 12.6. The molecule has 4 aromatic rings. The van der Waals surface area contributed by atoms with Crippen molar-refractivity contribution in [2.75, 3.05) is 0 Å². The van der Waals surface area contributed by atoms with Gasteiger partial charge in [0, 0.05) is 18.1 Å². The number of carboxylic acid groups (broad SMARTS) is 1. The summed E-state index contributed by atoms with van der Waals surface area (Å²) in [6.45, 7) is 0.475. The molecule has 1 heterocycles. The fourth-order valence-electron chi connectivity index (χ4n) is 3.22. The smallest absolute Gasteiger partial charge is 0.337 e. The van der Waals surface area contributed by atoms with E-state index in [1.807, 2.05) is 42.5 Å². The minimum absolute atomic E-state index is 0.104. The van der Waals surface area contributed by atoms with E-state index in [-0.39, 0.29) is 5.56 Å². The Morgan fingerprint density at radius 1 is 0.885 bits per heavy atom. The monoisotopic (exact) mass is 345 g/mol. The predicted octanol–water partition coefficient (Wildman–Crippen LogP) is 5.19. The Bertz CT molecular complexity index is 1080. The molecule has 0 amide bonds. The van der Waals surface area contributed by atoms with Crippen LogP contribution in [0.25, 0.3) is 22.0 Å². The van der Waals surface area contributed by atoms with Crippen LogP contribution in [0.2, 0.25) is 0 Å². The number of aromatic carboxylic acids is 1. The number of carboxylic acids is 1. The summed E-state index contributed by atoms with van der Waals surface area (Å²) in [6.07, 6.45) is 1.73. The number of hydrogen-bond donors (Lipinski definition) is 1. The molecule has 0 bridgehead atoms. The Morgan fingerprint density at radius 3 is 2.27 bits per heavy atom. The number of fused-ring (bicyclic) bond motifs is 1. The van der Waals surface area contributed by atoms with Crippen LogP contribution >= 0.6 is 0 Å². The van der Waals surface area contributed by atoms with Crippen LogP contribution in [0.4, 0.5) is 4.39 Å². The van der Waals surface area contributed by atoms with Gasteiger partial charge in [-0.2, -0.15) is 0 Å². The van der Waals surface area contributed by atoms with Gasteiger partial charge in [-0.15, -0.1) is 0 Å². The lowest BCUT2D eigenvalue weighted by Crippen LogP contribution is -2.04. The highest BCUT2D eigenvalue weighted by Crippen LogP contribution is 2.25. The van der Waals surface area contributed by atoms with Crippen LogP contribution < -0.4 is 0 Å². The van der Waals surface area contributed by atoms with E-state index in [4.69, 9.17) is 0 Å². The highest BCUT2D eigenvalue weighted by Gasteiger charge is 2.15. The van der Waals surface area contributed by atoms with Crippen molar-refractivity contribution in [1.29, 1.82) is 0 Å². The van der Waals surface area contributed by atoms with Gasteiger partial charge in [-0.25, -0.2) is 9.18 Å². The van der Waals surface area contributed by atoms with Crippen LogP contribution in [0.1, 0.15) is 15.9 Å². The third-order valence-corrected chi connectivity index (χ3v) is 4.52. The van der Waals surface area contributed by atoms with E-state index in [1.165, 1.54) is 12.1 Å². The summed E-state index contributed by atoms with van der Waals surface area (Å²) >= 11 is 0. The quantitative estimate of drug-likeness (QED) is 0.553. The van der Waals surface area contributed by atoms with Crippen molar-refractivity contribution >= 4 is 16.9 Å². The molecular formula is C22H16FNO2. The molecule has 0 aliphatic carbocycles. The topological polar surface area (TPSA) is 42.2 Å². The zero-order valence-electron chi connectivity index (χ0n) is 13.9. The van der Waals surface area contributed by atoms with Crippen molar-refractivity contribution in [3.8, 4) is 11.1 Å². The second-order valence-corrected chi connectivity index (χ2v) is 6.17. The Morgan fingerprint density at radius 2 is 1.58 bits per heavy atom. The zero-order valence-corrected chi connectivity index (χ0v) is 13.9. The van der Waals surface area contributed by atoms with Gasteiger partial charge in [0.25, 0.3) is 0 Å². The van der Waals surface area contributed by atoms with Gasteiger partial charge in [0.2, 0.25) is 0 Å². The summed E-state index contributed by atoms with van der Waals surface area (Å²) in [4.78, 5) is 11.5. The van der Waals surface area contributed by atoms with Crippen LogP contribution in [0.5, 0.6) is 0 Å². The maximum Gasteiger partial charge on any atom is 0.337 e. The second kappa shape index (κ2) is 6.48. The van der Waals surface area contributed by atoms with Gasteiger partial charge in [-0.1, -0.05) is 54.6 Å². The average molecular weight is 345 g/mol. The fourth-order valence-corrected chi connectivity index (χ4v) is 3.22. The molecule has 0 aliphatic heterocycles. The summed E-state index contributed by atoms with van der Waals surface area (Å²) in [5.74, 6) is -1.47. The van der Waals surface area contributed by atoms with Crippen molar-refractivity contribution in [3.63, 3.8) is 0 Å². The van der Waals surface area contributed by atoms with Crippen LogP contribution in [0, 0.1) is 5.82 Å². The first-order valence-corrected chi connectivity index (χ1v) is 8.28. The second-order valence-electron chi connectivity index (χ2n) is 6.17. The van der Waals surface area contributed by atoms with Crippen molar-refractivity contribution in [1.82, 2.24) is 4.57 Å². The van der Waals surface area contributed by atoms with E-state index in [2.05, 4.69) is 12.1 Å². The molecule has 0 unspecified atom stereocenters. The summed E-state index contributed by atoms with van der Waals surface area (Å²) in [5.41, 5.74) is 3.78. The largest absolute Gasteiger partial charge is 0.478 e. The number of aromatic nitrogens is 1. The Labute approximate surface area is 149 Å². The van der Waals surface area contributed by atoms with Crippen molar-refractivity contribution in [3.05, 3.63) is 95.9 Å². The van der Waals surface area contributed by atoms with Crippen LogP contribution in [0.15, 0.2) is 79.0 Å². The van der Waals surface area contributed by atoms with Gasteiger partial charge >= 0.3 is 5.97 Å². The van der Waals surface area contributed by atoms with Gasteiger partial charge < -0.3 is 9.67 Å². The first kappa shape index (κ1) is 16.1. The molecular weight excluding hydrogens is 329 g/mol. The summed E-state index contributed by atoms with van der Waals surface area (Å²) < 4.78 is 15.8. The fraction of sp³-hybridized carbons (Fsp3) is 0.0455. The molecule has 1 aromatic heterocycles. The summed E-state index contributed by atoms with van der Waals surface area (Å²) in [6, 6.07) is 22.3. The van der Waals surface area contributed by atoms with E-state index >= 15 is 0 Å². The molecule has 3 nitrogen and oxygen atoms in total. The Hall–Kier alpha value is -3.40. The summed E-state index contributed by atoms with van der Waals surface area (Å²) in [7, 11) is 0. The predicted molar refractivity (Wildman–Crippen MR) is 99.8 cm³/mol. The molecule has 0 saturated heterocycles. The molecule has 0 spiro atoms. The first-order valence-electron chi connectivity index (χ1n) is 8.28. The van der Waals surface area contributed by atoms with Gasteiger partial charge in [-0.3, -0.25) is 0 Å². The highest BCUT2D eigenvalue weighted by molar-refractivity contribution is 6.02. The van der Waals surface area contributed by atoms with Crippen molar-refractivity contribution < 1.29 is 14.3 Å². The number of halogens is 1. The minimum Gasteiger partial charge on any atom is -0.478 e. The maximum absolute atomic E-state index is 14.0. The van der Waals surface area contributed by atoms with Gasteiger partial charge in [0.05, 0.1) is 11.1 Å². The molecule has 4 heteroatoms. The molecule has 0 saturated carbocycles. The molecule has 26 heavy (non-hydrogen) atoms. The lowest BCUT2D eigenvalue weighted by atomic mass is 10.0. The van der Waals surface area contributed by atoms with E-state index in [0.29, 0.717) is 17.4 Å². The number of carbonyl (C=O) groups is 1. The number of rotatable bonds is 4. The number of hydrogen-bond acceptors (Lipinski definition) is 1. The normalized spacial score (nSPS) is 11.0. The lowest BCUT2D eigenvalue weighted by molar-refractivity contribution is 0.0698. The third kappa shape index (κ3) is 2.86. The zero-order chi connectivity index (χ0) is 18.1. The van der Waals surface area contributed by atoms with Gasteiger partial charge in [-0.05, 0) is 34.9 Å². The lowest BCUT2D eigenvalue weighted by Gasteiger charge is -2.09. The molecule has 4 rings (SSSR count). The van der Waals surface area contributed by atoms with Gasteiger partial charge in [0.15, 0.2) is 0 Å². The van der Waals surface area contributed by atoms with Crippen molar-refractivity contribution in [2.24, 2.45) is 0 Å². The SMILES string of the molecule is O=C(O)c1ccc(F)c2ccn(Cc3ccc(-c4ccccc4)cc3)c12. The molecule has 0 fully saturated rings. The maximum atomic E-state index is 14.0. The summed E-state index contributed by atoms with van der Waals surface area (Å²) in [5, 5.41) is 9.73. The van der Waals surface area contributed by atoms with E-state index in [1.54, 1.807) is 16.8 Å². The molecule has 0 radical (unpaired) electrons. The van der Waals surface area contributed by atoms with E-state index in [0.717, 1.165) is 16.7 Å². The van der Waals surface area contributed by atoms with E-state index < -0.39 is 11.8 Å². The Kier molecular flexibility index (Phi) is 4.01. The average Bonchev–Trinajstić information content (AvgIpc) is 3.08. The molecule has 1 N–H and O–H groups in total. The minimum atomic E-state index is -1.06. The van der Waals surface area contributed by atoms with E-state index in [9.17, 15) is 14.3 Å². The number of benzene rings is 3. The third-order valence-electron chi connectivity index (χ3n) is 4.52. The molecule has 3 aromatic carbocycles. The standard InChI is InChI=1S/C22H16FNO2/c23-20-11-10-19(22(25)26)21-18(20)12-13-24(21)14-15-6-8-17(9-7-15)16-4-2-1-3-5-16/h1-13H,14H2,(H,25,26). The van der Waals surface area contributed by atoms with Crippen LogP contribution in [-0.4, -0.2) is 15.6 Å². The number of nitrogens with zero attached hydrogens (tertiary/aromatic N) is 1. The Balaban J connectivity index is 1.70. The molecule has 0 aliphatic rings. The van der Waals surface area contributed by atoms with Crippen LogP contribution in [0.3, 0.4) is 0 Å². The molecule has 128 valence electrons. The van der Waals surface area contributed by atoms with Crippen molar-refractivity contribution in [2.45, 2.75) is 6.54 Å². The molecule has 0 atom stereocenters.